The first-order chi connectivity index (χ1) is 17.0. The molecule has 0 amide bonds. The van der Waals surface area contributed by atoms with Gasteiger partial charge in [-0.2, -0.15) is 0 Å². The predicted molar refractivity (Wildman–Crippen MR) is 117 cm³/mol. The number of thioether (sulfide) groups is 1. The molecule has 0 spiro atoms. The highest BCUT2D eigenvalue weighted by molar-refractivity contribution is 7.99. The lowest BCUT2D eigenvalue weighted by Gasteiger charge is -2.46. The summed E-state index contributed by atoms with van der Waals surface area (Å²) < 4.78 is 27.3. The van der Waals surface area contributed by atoms with Crippen LogP contribution in [0.1, 0.15) is 6.92 Å². The summed E-state index contributed by atoms with van der Waals surface area (Å²) in [7, 11) is 0. The molecule has 3 saturated heterocycles. The van der Waals surface area contributed by atoms with E-state index in [1.165, 1.54) is 11.8 Å². The van der Waals surface area contributed by atoms with Crippen molar-refractivity contribution in [3.63, 3.8) is 0 Å². The van der Waals surface area contributed by atoms with E-state index in [1.807, 2.05) is 6.92 Å². The van der Waals surface area contributed by atoms with Crippen molar-refractivity contribution in [1.82, 2.24) is 0 Å². The highest BCUT2D eigenvalue weighted by atomic mass is 32.2. The second kappa shape index (κ2) is 13.2. The summed E-state index contributed by atoms with van der Waals surface area (Å²) in [4.78, 5) is 0. The van der Waals surface area contributed by atoms with Crippen molar-refractivity contribution in [2.24, 2.45) is 0 Å². The maximum absolute atomic E-state index is 10.6. The van der Waals surface area contributed by atoms with Crippen molar-refractivity contribution in [1.29, 1.82) is 0 Å². The molecule has 36 heavy (non-hydrogen) atoms. The molecule has 10 N–H and O–H groups in total. The summed E-state index contributed by atoms with van der Waals surface area (Å²) in [5.41, 5.74) is -0.841. The summed E-state index contributed by atoms with van der Waals surface area (Å²) in [6, 6.07) is 0. The molecule has 212 valence electrons. The lowest BCUT2D eigenvalue weighted by molar-refractivity contribution is -0.350. The van der Waals surface area contributed by atoms with Crippen LogP contribution in [0, 0.1) is 0 Å². The zero-order chi connectivity index (χ0) is 26.7. The van der Waals surface area contributed by atoms with Crippen LogP contribution in [-0.2, 0) is 23.7 Å². The Morgan fingerprint density at radius 1 is 0.611 bits per heavy atom. The van der Waals surface area contributed by atoms with E-state index in [2.05, 4.69) is 0 Å². The van der Waals surface area contributed by atoms with Crippen LogP contribution in [0.3, 0.4) is 0 Å². The highest BCUT2D eigenvalue weighted by Crippen LogP contribution is 2.33. The fourth-order valence-corrected chi connectivity index (χ4v) is 5.15. The Bertz CT molecular complexity index is 673. The normalized spacial score (nSPS) is 50.2. The largest absolute Gasteiger partial charge is 0.394 e. The van der Waals surface area contributed by atoms with E-state index in [-0.39, 0.29) is 0 Å². The van der Waals surface area contributed by atoms with E-state index in [0.717, 1.165) is 0 Å². The third kappa shape index (κ3) is 6.31. The molecule has 0 aromatic rings. The Morgan fingerprint density at radius 2 is 1.17 bits per heavy atom. The predicted octanol–water partition coefficient (Wildman–Crippen LogP) is -5.81. The standard InChI is InChI=1S/C20H36O15S/c1-2-36-20-16(30)13(27)17(7(4-22)34-20)35-19-15(29)12(26)10(24)8(33-19)5-31-18-14(28)11(25)9(23)6(3-21)32-18/h6-30H,2-5H2,1H3/t6-,7-,8-,9+,10+,11+,12+,13-,14-,15-,16-,17-,18+,19+,20+/m1/s1. The molecule has 0 aliphatic carbocycles. The topological polar surface area (TPSA) is 248 Å². The maximum atomic E-state index is 10.6. The van der Waals surface area contributed by atoms with Gasteiger partial charge in [0, 0.05) is 0 Å². The van der Waals surface area contributed by atoms with Crippen molar-refractivity contribution in [3.05, 3.63) is 0 Å². The summed E-state index contributed by atoms with van der Waals surface area (Å²) in [6.07, 6.45) is -21.6. The minimum Gasteiger partial charge on any atom is -0.394 e. The van der Waals surface area contributed by atoms with Crippen molar-refractivity contribution < 1.29 is 74.7 Å². The molecule has 0 aromatic carbocycles. The van der Waals surface area contributed by atoms with Gasteiger partial charge in [-0.3, -0.25) is 0 Å². The van der Waals surface area contributed by atoms with Crippen LogP contribution < -0.4 is 0 Å². The molecular formula is C20H36O15S. The first-order valence-corrected chi connectivity index (χ1v) is 12.6. The average Bonchev–Trinajstić information content (AvgIpc) is 2.87. The third-order valence-electron chi connectivity index (χ3n) is 6.38. The maximum Gasteiger partial charge on any atom is 0.187 e. The molecule has 3 heterocycles. The van der Waals surface area contributed by atoms with E-state index in [0.29, 0.717) is 5.75 Å². The average molecular weight is 549 g/mol. The van der Waals surface area contributed by atoms with Crippen molar-refractivity contribution >= 4 is 11.8 Å². The van der Waals surface area contributed by atoms with Crippen LogP contribution in [0.15, 0.2) is 0 Å². The second-order valence-electron chi connectivity index (χ2n) is 8.81. The summed E-state index contributed by atoms with van der Waals surface area (Å²) >= 11 is 1.20. The van der Waals surface area contributed by atoms with Crippen molar-refractivity contribution in [2.45, 2.75) is 98.2 Å². The van der Waals surface area contributed by atoms with Gasteiger partial charge in [0.1, 0.15) is 78.7 Å². The Morgan fingerprint density at radius 3 is 1.75 bits per heavy atom. The van der Waals surface area contributed by atoms with E-state index in [9.17, 15) is 51.1 Å². The van der Waals surface area contributed by atoms with Gasteiger partial charge in [-0.05, 0) is 5.75 Å². The van der Waals surface area contributed by atoms with E-state index < -0.39 is 111 Å². The molecule has 3 aliphatic rings. The lowest BCUT2D eigenvalue weighted by Crippen LogP contribution is -2.64. The van der Waals surface area contributed by atoms with Gasteiger partial charge in [0.15, 0.2) is 12.6 Å². The first kappa shape index (κ1) is 30.3. The van der Waals surface area contributed by atoms with Crippen LogP contribution >= 0.6 is 11.8 Å². The fraction of sp³-hybridized carbons (Fsp3) is 1.00. The van der Waals surface area contributed by atoms with E-state index in [1.54, 1.807) is 0 Å². The van der Waals surface area contributed by atoms with E-state index >= 15 is 0 Å². The van der Waals surface area contributed by atoms with Crippen LogP contribution in [0.5, 0.6) is 0 Å². The molecule has 15 atom stereocenters. The van der Waals surface area contributed by atoms with Crippen LogP contribution in [0.25, 0.3) is 0 Å². The van der Waals surface area contributed by atoms with Gasteiger partial charge < -0.3 is 74.7 Å². The Labute approximate surface area is 210 Å². The van der Waals surface area contributed by atoms with Crippen LogP contribution in [-0.4, -0.2) is 168 Å². The molecular weight excluding hydrogens is 512 g/mol. The zero-order valence-corrected chi connectivity index (χ0v) is 20.2. The molecule has 3 aliphatic heterocycles. The monoisotopic (exact) mass is 548 g/mol. The van der Waals surface area contributed by atoms with Crippen LogP contribution in [0.2, 0.25) is 0 Å². The molecule has 0 unspecified atom stereocenters. The molecule has 16 heteroatoms. The highest BCUT2D eigenvalue weighted by Gasteiger charge is 2.51. The Balaban J connectivity index is 1.66. The molecule has 3 rings (SSSR count). The molecule has 15 nitrogen and oxygen atoms in total. The van der Waals surface area contributed by atoms with Gasteiger partial charge in [-0.25, -0.2) is 0 Å². The van der Waals surface area contributed by atoms with Crippen molar-refractivity contribution in [2.75, 3.05) is 25.6 Å². The van der Waals surface area contributed by atoms with Gasteiger partial charge >= 0.3 is 0 Å². The number of aliphatic hydroxyl groups excluding tert-OH is 10. The number of ether oxygens (including phenoxy) is 5. The summed E-state index contributed by atoms with van der Waals surface area (Å²) in [6.45, 7) is -0.0459. The first-order valence-electron chi connectivity index (χ1n) is 11.6. The van der Waals surface area contributed by atoms with Gasteiger partial charge in [0.25, 0.3) is 0 Å². The number of aliphatic hydroxyl groups is 10. The SMILES string of the molecule is CCS[C@@H]1O[C@H](CO)[C@@H](O[C@@H]2O[C@H](CO[C@H]3O[C@H](CO)[C@H](O)[C@H](O)[C@H]3O)[C@H](O)[C@H](O)[C@H]2O)[C@H](O)[C@H]1O. The minimum atomic E-state index is -1.81. The number of rotatable bonds is 9. The second-order valence-corrected chi connectivity index (χ2v) is 10.2. The minimum absolute atomic E-state index is 0.558. The Kier molecular flexibility index (Phi) is 11.1. The molecule has 3 fully saturated rings. The zero-order valence-electron chi connectivity index (χ0n) is 19.4. The third-order valence-corrected chi connectivity index (χ3v) is 7.44. The Hall–Kier alpha value is -0.250. The smallest absolute Gasteiger partial charge is 0.187 e. The number of hydrogen-bond donors (Lipinski definition) is 10. The quantitative estimate of drug-likeness (QED) is 0.129. The van der Waals surface area contributed by atoms with Crippen LogP contribution in [0.4, 0.5) is 0 Å². The lowest BCUT2D eigenvalue weighted by atomic mass is 9.97. The number of hydrogen-bond acceptors (Lipinski definition) is 16. The fourth-order valence-electron chi connectivity index (χ4n) is 4.24. The molecule has 0 saturated carbocycles. The van der Waals surface area contributed by atoms with Gasteiger partial charge in [0.2, 0.25) is 0 Å². The van der Waals surface area contributed by atoms with Gasteiger partial charge in [0.05, 0.1) is 19.8 Å². The van der Waals surface area contributed by atoms with Gasteiger partial charge in [-0.15, -0.1) is 11.8 Å². The van der Waals surface area contributed by atoms with Crippen molar-refractivity contribution in [3.8, 4) is 0 Å². The molecule has 0 radical (unpaired) electrons. The summed E-state index contributed by atoms with van der Waals surface area (Å²) in [5.74, 6) is 0.558. The van der Waals surface area contributed by atoms with E-state index in [4.69, 9.17) is 23.7 Å². The molecule has 0 bridgehead atoms. The van der Waals surface area contributed by atoms with Gasteiger partial charge in [-0.1, -0.05) is 6.92 Å². The molecule has 0 aromatic heterocycles. The summed E-state index contributed by atoms with van der Waals surface area (Å²) in [5, 5.41) is 101.